The number of anilines is 3. The number of hydrogen-bond donors (Lipinski definition) is 2. The van der Waals surface area contributed by atoms with Crippen LogP contribution in [-0.2, 0) is 11.3 Å². The molecule has 0 spiro atoms. The molecule has 0 radical (unpaired) electrons. The van der Waals surface area contributed by atoms with Gasteiger partial charge in [-0.15, -0.1) is 5.10 Å². The quantitative estimate of drug-likeness (QED) is 0.622. The first-order valence-corrected chi connectivity index (χ1v) is 8.57. The molecule has 7 nitrogen and oxygen atoms in total. The van der Waals surface area contributed by atoms with Crippen molar-refractivity contribution in [2.45, 2.75) is 13.5 Å². The zero-order valence-electron chi connectivity index (χ0n) is 14.9. The number of carbonyl (C=O) groups excluding carboxylic acids is 1. The zero-order valence-corrected chi connectivity index (χ0v) is 15.6. The number of nitrogens with zero attached hydrogens (tertiary/aromatic N) is 3. The first kappa shape index (κ1) is 18.6. The standard InChI is InChI=1S/C19H18ClN5O2/c1-12-4-3-5-13(8-12)10-21-19-24-17(11-22-25-19)23-16-9-14(18(26)27-2)6-7-15(16)20/h3-9,11H,10H2,1-2H3,(H2,21,23,24,25). The highest BCUT2D eigenvalue weighted by Crippen LogP contribution is 2.26. The molecule has 1 aromatic heterocycles. The fourth-order valence-electron chi connectivity index (χ4n) is 2.45. The normalized spacial score (nSPS) is 10.3. The number of hydrogen-bond acceptors (Lipinski definition) is 7. The average molecular weight is 384 g/mol. The van der Waals surface area contributed by atoms with Crippen LogP contribution in [0.15, 0.2) is 48.7 Å². The largest absolute Gasteiger partial charge is 0.465 e. The van der Waals surface area contributed by atoms with Gasteiger partial charge in [0, 0.05) is 6.54 Å². The van der Waals surface area contributed by atoms with Crippen LogP contribution in [0.4, 0.5) is 17.5 Å². The molecule has 0 fully saturated rings. The number of aromatic nitrogens is 3. The second-order valence-corrected chi connectivity index (χ2v) is 6.23. The molecule has 2 aromatic carbocycles. The third kappa shape index (κ3) is 4.92. The van der Waals surface area contributed by atoms with Crippen molar-refractivity contribution in [1.29, 1.82) is 0 Å². The summed E-state index contributed by atoms with van der Waals surface area (Å²) in [5.41, 5.74) is 3.20. The Morgan fingerprint density at radius 3 is 2.85 bits per heavy atom. The van der Waals surface area contributed by atoms with Gasteiger partial charge in [0.25, 0.3) is 0 Å². The molecule has 0 bridgehead atoms. The summed E-state index contributed by atoms with van der Waals surface area (Å²) >= 11 is 6.20. The molecule has 1 heterocycles. The smallest absolute Gasteiger partial charge is 0.337 e. The first-order chi connectivity index (χ1) is 13.0. The summed E-state index contributed by atoms with van der Waals surface area (Å²) in [6.45, 7) is 2.61. The van der Waals surface area contributed by atoms with E-state index in [4.69, 9.17) is 16.3 Å². The number of benzene rings is 2. The molecule has 3 rings (SSSR count). The lowest BCUT2D eigenvalue weighted by atomic mass is 10.1. The Morgan fingerprint density at radius 2 is 2.07 bits per heavy atom. The highest BCUT2D eigenvalue weighted by molar-refractivity contribution is 6.33. The predicted molar refractivity (Wildman–Crippen MR) is 104 cm³/mol. The Morgan fingerprint density at radius 1 is 1.22 bits per heavy atom. The molecule has 0 unspecified atom stereocenters. The lowest BCUT2D eigenvalue weighted by Crippen LogP contribution is -2.07. The topological polar surface area (TPSA) is 89.0 Å². The van der Waals surface area contributed by atoms with Crippen molar-refractivity contribution >= 4 is 35.0 Å². The van der Waals surface area contributed by atoms with Crippen molar-refractivity contribution in [3.8, 4) is 0 Å². The maximum absolute atomic E-state index is 11.7. The molecule has 0 atom stereocenters. The molecule has 0 aliphatic heterocycles. The van der Waals surface area contributed by atoms with Crippen LogP contribution < -0.4 is 10.6 Å². The maximum atomic E-state index is 11.7. The summed E-state index contributed by atoms with van der Waals surface area (Å²) in [5, 5.41) is 14.5. The van der Waals surface area contributed by atoms with Crippen LogP contribution in [0.25, 0.3) is 0 Å². The van der Waals surface area contributed by atoms with E-state index in [1.54, 1.807) is 18.2 Å². The molecule has 2 N–H and O–H groups in total. The lowest BCUT2D eigenvalue weighted by molar-refractivity contribution is 0.0601. The van der Waals surface area contributed by atoms with Gasteiger partial charge in [0.1, 0.15) is 0 Å². The number of rotatable bonds is 6. The van der Waals surface area contributed by atoms with Gasteiger partial charge in [0.15, 0.2) is 5.82 Å². The zero-order chi connectivity index (χ0) is 19.2. The Kier molecular flexibility index (Phi) is 5.83. The van der Waals surface area contributed by atoms with Crippen LogP contribution >= 0.6 is 11.6 Å². The van der Waals surface area contributed by atoms with Crippen molar-refractivity contribution in [3.63, 3.8) is 0 Å². The van der Waals surface area contributed by atoms with Gasteiger partial charge in [0.2, 0.25) is 5.95 Å². The van der Waals surface area contributed by atoms with E-state index in [0.29, 0.717) is 34.6 Å². The summed E-state index contributed by atoms with van der Waals surface area (Å²) < 4.78 is 4.73. The molecule has 27 heavy (non-hydrogen) atoms. The number of esters is 1. The van der Waals surface area contributed by atoms with Crippen molar-refractivity contribution in [2.75, 3.05) is 17.7 Å². The fourth-order valence-corrected chi connectivity index (χ4v) is 2.61. The predicted octanol–water partition coefficient (Wildman–Crippen LogP) is 3.98. The van der Waals surface area contributed by atoms with Crippen LogP contribution in [0, 0.1) is 6.92 Å². The van der Waals surface area contributed by atoms with Gasteiger partial charge in [-0.1, -0.05) is 41.4 Å². The van der Waals surface area contributed by atoms with Gasteiger partial charge in [-0.2, -0.15) is 10.1 Å². The van der Waals surface area contributed by atoms with Crippen LogP contribution in [0.3, 0.4) is 0 Å². The maximum Gasteiger partial charge on any atom is 0.337 e. The Balaban J connectivity index is 1.73. The van der Waals surface area contributed by atoms with Gasteiger partial charge in [-0.3, -0.25) is 0 Å². The van der Waals surface area contributed by atoms with Crippen molar-refractivity contribution in [1.82, 2.24) is 15.2 Å². The van der Waals surface area contributed by atoms with Gasteiger partial charge < -0.3 is 15.4 Å². The van der Waals surface area contributed by atoms with E-state index in [-0.39, 0.29) is 0 Å². The van der Waals surface area contributed by atoms with Gasteiger partial charge in [-0.25, -0.2) is 4.79 Å². The van der Waals surface area contributed by atoms with Crippen molar-refractivity contribution in [2.24, 2.45) is 0 Å². The van der Waals surface area contributed by atoms with E-state index < -0.39 is 5.97 Å². The number of aryl methyl sites for hydroxylation is 1. The molecule has 0 aliphatic carbocycles. The van der Waals surface area contributed by atoms with E-state index in [1.807, 2.05) is 25.1 Å². The third-order valence-corrected chi connectivity index (χ3v) is 4.07. The Labute approximate surface area is 161 Å². The highest BCUT2D eigenvalue weighted by Gasteiger charge is 2.10. The van der Waals surface area contributed by atoms with Gasteiger partial charge >= 0.3 is 5.97 Å². The lowest BCUT2D eigenvalue weighted by Gasteiger charge is -2.10. The molecule has 138 valence electrons. The molecule has 0 amide bonds. The molecule has 0 saturated carbocycles. The number of halogens is 1. The van der Waals surface area contributed by atoms with Crippen molar-refractivity contribution in [3.05, 3.63) is 70.4 Å². The summed E-state index contributed by atoms with van der Waals surface area (Å²) in [7, 11) is 1.32. The third-order valence-electron chi connectivity index (χ3n) is 3.74. The Hall–Kier alpha value is -3.19. The number of methoxy groups -OCH3 is 1. The van der Waals surface area contributed by atoms with E-state index >= 15 is 0 Å². The van der Waals surface area contributed by atoms with Crippen molar-refractivity contribution < 1.29 is 9.53 Å². The second-order valence-electron chi connectivity index (χ2n) is 5.82. The number of carbonyl (C=O) groups is 1. The van der Waals surface area contributed by atoms with Gasteiger partial charge in [0.05, 0.1) is 29.6 Å². The van der Waals surface area contributed by atoms with E-state index in [2.05, 4.69) is 31.9 Å². The minimum atomic E-state index is -0.448. The number of ether oxygens (including phenoxy) is 1. The SMILES string of the molecule is COC(=O)c1ccc(Cl)c(Nc2cnnc(NCc3cccc(C)c3)n2)c1. The molecular weight excluding hydrogens is 366 g/mol. The molecule has 0 aliphatic rings. The monoisotopic (exact) mass is 383 g/mol. The number of nitrogens with one attached hydrogen (secondary N) is 2. The first-order valence-electron chi connectivity index (χ1n) is 8.19. The minimum Gasteiger partial charge on any atom is -0.465 e. The van der Waals surface area contributed by atoms with Crippen LogP contribution in [0.2, 0.25) is 5.02 Å². The molecule has 3 aromatic rings. The van der Waals surface area contributed by atoms with E-state index in [9.17, 15) is 4.79 Å². The Bertz CT molecular complexity index is 964. The summed E-state index contributed by atoms with van der Waals surface area (Å²) in [4.78, 5) is 16.1. The van der Waals surface area contributed by atoms with E-state index in [1.165, 1.54) is 18.9 Å². The minimum absolute atomic E-state index is 0.377. The van der Waals surface area contributed by atoms with Crippen LogP contribution in [0.5, 0.6) is 0 Å². The van der Waals surface area contributed by atoms with Crippen LogP contribution in [0.1, 0.15) is 21.5 Å². The summed E-state index contributed by atoms with van der Waals surface area (Å²) in [6, 6.07) is 12.9. The summed E-state index contributed by atoms with van der Waals surface area (Å²) in [6.07, 6.45) is 1.47. The van der Waals surface area contributed by atoms with E-state index in [0.717, 1.165) is 5.56 Å². The molecular formula is C19H18ClN5O2. The van der Waals surface area contributed by atoms with Crippen LogP contribution in [-0.4, -0.2) is 28.3 Å². The summed E-state index contributed by atoms with van der Waals surface area (Å²) in [5.74, 6) is 0.374. The highest BCUT2D eigenvalue weighted by atomic mass is 35.5. The fraction of sp³-hybridized carbons (Fsp3) is 0.158. The molecule has 8 heteroatoms. The second kappa shape index (κ2) is 8.46. The average Bonchev–Trinajstić information content (AvgIpc) is 2.68. The van der Waals surface area contributed by atoms with Gasteiger partial charge in [-0.05, 0) is 30.7 Å². The molecule has 0 saturated heterocycles.